The Morgan fingerprint density at radius 3 is 2.79 bits per heavy atom. The molecule has 0 saturated heterocycles. The minimum absolute atomic E-state index is 0.0294. The zero-order valence-corrected chi connectivity index (χ0v) is 15.9. The average molecular weight is 405 g/mol. The number of fused-ring (bicyclic) bond motifs is 1. The number of nitro benzene ring substituents is 1. The number of carbonyl (C=O) groups excluding carboxylic acids is 1. The number of furan rings is 1. The molecule has 0 unspecified atom stereocenters. The molecule has 0 saturated carbocycles. The lowest BCUT2D eigenvalue weighted by molar-refractivity contribution is -0.384. The van der Waals surface area contributed by atoms with Crippen LogP contribution < -0.4 is 4.90 Å². The van der Waals surface area contributed by atoms with Crippen molar-refractivity contribution in [2.45, 2.75) is 6.54 Å². The highest BCUT2D eigenvalue weighted by Crippen LogP contribution is 2.30. The van der Waals surface area contributed by atoms with Crippen molar-refractivity contribution in [3.63, 3.8) is 0 Å². The van der Waals surface area contributed by atoms with Gasteiger partial charge in [-0.3, -0.25) is 19.8 Å². The Labute approximate surface area is 169 Å². The van der Waals surface area contributed by atoms with E-state index in [-0.39, 0.29) is 18.1 Å². The molecule has 29 heavy (non-hydrogen) atoms. The Bertz CT molecular complexity index is 1160. The van der Waals surface area contributed by atoms with Crippen LogP contribution in [0.1, 0.15) is 11.3 Å². The number of nitrogens with zero attached hydrogens (tertiary/aromatic N) is 3. The van der Waals surface area contributed by atoms with E-state index in [0.717, 1.165) is 10.2 Å². The molecule has 4 rings (SSSR count). The van der Waals surface area contributed by atoms with Gasteiger partial charge in [0, 0.05) is 18.2 Å². The van der Waals surface area contributed by atoms with Crippen LogP contribution in [0.2, 0.25) is 0 Å². The quantitative estimate of drug-likeness (QED) is 0.255. The predicted molar refractivity (Wildman–Crippen MR) is 112 cm³/mol. The van der Waals surface area contributed by atoms with Crippen LogP contribution in [0.5, 0.6) is 0 Å². The molecule has 1 amide bonds. The average Bonchev–Trinajstić information content (AvgIpc) is 3.39. The van der Waals surface area contributed by atoms with E-state index in [9.17, 15) is 14.9 Å². The van der Waals surface area contributed by atoms with E-state index in [4.69, 9.17) is 4.42 Å². The summed E-state index contributed by atoms with van der Waals surface area (Å²) in [5.41, 5.74) is 1.35. The maximum atomic E-state index is 13.0. The zero-order valence-electron chi connectivity index (χ0n) is 15.1. The minimum Gasteiger partial charge on any atom is -0.467 e. The van der Waals surface area contributed by atoms with E-state index in [0.29, 0.717) is 16.5 Å². The number of anilines is 1. The largest absolute Gasteiger partial charge is 0.467 e. The van der Waals surface area contributed by atoms with E-state index in [1.54, 1.807) is 36.6 Å². The molecule has 0 bridgehead atoms. The van der Waals surface area contributed by atoms with E-state index in [2.05, 4.69) is 4.98 Å². The van der Waals surface area contributed by atoms with Crippen LogP contribution in [0.15, 0.2) is 77.4 Å². The molecule has 0 fully saturated rings. The molecule has 7 nitrogen and oxygen atoms in total. The summed E-state index contributed by atoms with van der Waals surface area (Å²) in [7, 11) is 0. The second-order valence-corrected chi connectivity index (χ2v) is 7.16. The van der Waals surface area contributed by atoms with Gasteiger partial charge < -0.3 is 4.42 Å². The summed E-state index contributed by atoms with van der Waals surface area (Å²) < 4.78 is 6.37. The second-order valence-electron chi connectivity index (χ2n) is 6.15. The monoisotopic (exact) mass is 405 g/mol. The number of non-ortho nitro benzene ring substituents is 1. The van der Waals surface area contributed by atoms with Crippen LogP contribution in [-0.2, 0) is 11.3 Å². The fourth-order valence-corrected chi connectivity index (χ4v) is 3.74. The molecule has 4 aromatic rings. The third-order valence-corrected chi connectivity index (χ3v) is 5.23. The summed E-state index contributed by atoms with van der Waals surface area (Å²) in [4.78, 5) is 29.5. The Morgan fingerprint density at radius 1 is 1.17 bits per heavy atom. The number of thiazole rings is 1. The lowest BCUT2D eigenvalue weighted by Crippen LogP contribution is -2.28. The van der Waals surface area contributed by atoms with Crippen molar-refractivity contribution in [3.05, 3.63) is 94.4 Å². The topological polar surface area (TPSA) is 89.5 Å². The molecule has 2 heterocycles. The number of amides is 1. The number of hydrogen-bond donors (Lipinski definition) is 0. The highest BCUT2D eigenvalue weighted by molar-refractivity contribution is 7.22. The van der Waals surface area contributed by atoms with Crippen molar-refractivity contribution in [1.29, 1.82) is 0 Å². The fourth-order valence-electron chi connectivity index (χ4n) is 2.77. The number of benzene rings is 2. The summed E-state index contributed by atoms with van der Waals surface area (Å²) in [6.45, 7) is 0.227. The molecule has 2 aromatic heterocycles. The van der Waals surface area contributed by atoms with Crippen molar-refractivity contribution in [1.82, 2.24) is 4.98 Å². The second kappa shape index (κ2) is 8.07. The number of carbonyl (C=O) groups is 1. The third-order valence-electron chi connectivity index (χ3n) is 4.17. The summed E-state index contributed by atoms with van der Waals surface area (Å²) in [6, 6.07) is 17.3. The number of rotatable bonds is 6. The number of hydrogen-bond acceptors (Lipinski definition) is 6. The van der Waals surface area contributed by atoms with Crippen LogP contribution in [-0.4, -0.2) is 15.8 Å². The first kappa shape index (κ1) is 18.6. The van der Waals surface area contributed by atoms with Gasteiger partial charge in [0.1, 0.15) is 5.76 Å². The lowest BCUT2D eigenvalue weighted by Gasteiger charge is -2.16. The van der Waals surface area contributed by atoms with E-state index in [1.165, 1.54) is 34.4 Å². The van der Waals surface area contributed by atoms with Crippen LogP contribution in [0.3, 0.4) is 0 Å². The summed E-state index contributed by atoms with van der Waals surface area (Å²) in [6.07, 6.45) is 4.49. The van der Waals surface area contributed by atoms with Gasteiger partial charge in [0.2, 0.25) is 0 Å². The first-order chi connectivity index (χ1) is 14.1. The molecule has 144 valence electrons. The van der Waals surface area contributed by atoms with Gasteiger partial charge in [-0.25, -0.2) is 4.98 Å². The van der Waals surface area contributed by atoms with Crippen molar-refractivity contribution in [2.24, 2.45) is 0 Å². The molecule has 0 atom stereocenters. The minimum atomic E-state index is -0.469. The summed E-state index contributed by atoms with van der Waals surface area (Å²) in [5, 5.41) is 11.5. The molecule has 0 aliphatic carbocycles. The highest BCUT2D eigenvalue weighted by atomic mass is 32.1. The zero-order chi connectivity index (χ0) is 20.2. The van der Waals surface area contributed by atoms with Gasteiger partial charge in [0.05, 0.1) is 27.9 Å². The Hall–Kier alpha value is -3.78. The van der Waals surface area contributed by atoms with Gasteiger partial charge in [-0.15, -0.1) is 0 Å². The molecule has 0 aliphatic heterocycles. The molecule has 0 radical (unpaired) electrons. The number of para-hydroxylation sites is 1. The maximum Gasteiger partial charge on any atom is 0.270 e. The smallest absolute Gasteiger partial charge is 0.270 e. The normalized spacial score (nSPS) is 11.2. The van der Waals surface area contributed by atoms with Crippen LogP contribution >= 0.6 is 11.3 Å². The van der Waals surface area contributed by atoms with Gasteiger partial charge in [0.15, 0.2) is 5.13 Å². The standard InChI is InChI=1S/C21H15N3O4S/c25-20(11-10-15-5-3-6-16(13-15)24(26)27)23(14-17-7-4-12-28-17)21-22-18-8-1-2-9-19(18)29-21/h1-13H,14H2/b11-10+. The van der Waals surface area contributed by atoms with E-state index in [1.807, 2.05) is 24.3 Å². The van der Waals surface area contributed by atoms with Gasteiger partial charge in [0.25, 0.3) is 11.6 Å². The Balaban J connectivity index is 1.64. The molecule has 0 spiro atoms. The molecular formula is C21H15N3O4S. The maximum absolute atomic E-state index is 13.0. The third kappa shape index (κ3) is 4.22. The van der Waals surface area contributed by atoms with E-state index >= 15 is 0 Å². The van der Waals surface area contributed by atoms with Crippen molar-refractivity contribution >= 4 is 44.4 Å². The molecule has 0 aliphatic rings. The SMILES string of the molecule is O=C(/C=C/c1cccc([N+](=O)[O-])c1)N(Cc1ccco1)c1nc2ccccc2s1. The van der Waals surface area contributed by atoms with Gasteiger partial charge in [-0.1, -0.05) is 35.6 Å². The van der Waals surface area contributed by atoms with Gasteiger partial charge in [-0.2, -0.15) is 0 Å². The predicted octanol–water partition coefficient (Wildman–Crippen LogP) is 5.04. The summed E-state index contributed by atoms with van der Waals surface area (Å²) >= 11 is 1.41. The van der Waals surface area contributed by atoms with Crippen molar-refractivity contribution in [2.75, 3.05) is 4.90 Å². The molecule has 0 N–H and O–H groups in total. The number of aromatic nitrogens is 1. The molecular weight excluding hydrogens is 390 g/mol. The molecule has 8 heteroatoms. The van der Waals surface area contributed by atoms with Crippen LogP contribution in [0.4, 0.5) is 10.8 Å². The Morgan fingerprint density at radius 2 is 2.03 bits per heavy atom. The first-order valence-electron chi connectivity index (χ1n) is 8.72. The molecule has 2 aromatic carbocycles. The van der Waals surface area contributed by atoms with Gasteiger partial charge in [-0.05, 0) is 35.9 Å². The van der Waals surface area contributed by atoms with Crippen LogP contribution in [0, 0.1) is 10.1 Å². The summed E-state index contributed by atoms with van der Waals surface area (Å²) in [5.74, 6) is 0.327. The highest BCUT2D eigenvalue weighted by Gasteiger charge is 2.19. The van der Waals surface area contributed by atoms with Gasteiger partial charge >= 0.3 is 0 Å². The van der Waals surface area contributed by atoms with Crippen LogP contribution in [0.25, 0.3) is 16.3 Å². The fraction of sp³-hybridized carbons (Fsp3) is 0.0476. The first-order valence-corrected chi connectivity index (χ1v) is 9.54. The van der Waals surface area contributed by atoms with Crippen molar-refractivity contribution in [3.8, 4) is 0 Å². The van der Waals surface area contributed by atoms with Crippen molar-refractivity contribution < 1.29 is 14.1 Å². The number of nitro groups is 1. The Kier molecular flexibility index (Phi) is 5.17. The lowest BCUT2D eigenvalue weighted by atomic mass is 10.2. The van der Waals surface area contributed by atoms with E-state index < -0.39 is 4.92 Å².